The van der Waals surface area contributed by atoms with Crippen molar-refractivity contribution in [3.05, 3.63) is 81.7 Å². The molecule has 4 rings (SSSR count). The van der Waals surface area contributed by atoms with Crippen molar-refractivity contribution in [2.75, 3.05) is 5.32 Å². The van der Waals surface area contributed by atoms with Crippen molar-refractivity contribution in [3.63, 3.8) is 0 Å². The fourth-order valence-electron chi connectivity index (χ4n) is 3.17. The maximum atomic E-state index is 13.9. The molecule has 7 heteroatoms. The Morgan fingerprint density at radius 2 is 1.93 bits per heavy atom. The maximum Gasteiger partial charge on any atom is 0.229 e. The fraction of sp³-hybridized carbons (Fsp3) is 0.200. The summed E-state index contributed by atoms with van der Waals surface area (Å²) in [7, 11) is 0. The molecule has 0 aliphatic heterocycles. The lowest BCUT2D eigenvalue weighted by atomic mass is 10.1. The number of benzene rings is 2. The molecular weight excluding hydrogens is 388 g/mol. The molecule has 1 N–H and O–H groups in total. The van der Waals surface area contributed by atoms with Gasteiger partial charge in [-0.05, 0) is 30.0 Å². The second-order valence-electron chi connectivity index (χ2n) is 6.57. The maximum absolute atomic E-state index is 13.9. The number of nitrogens with one attached hydrogen (secondary N) is 1. The summed E-state index contributed by atoms with van der Waals surface area (Å²) in [5, 5.41) is 7.65. The van der Waals surface area contributed by atoms with Gasteiger partial charge in [-0.25, -0.2) is 4.39 Å². The zero-order chi connectivity index (χ0) is 19.0. The van der Waals surface area contributed by atoms with Gasteiger partial charge in [-0.2, -0.15) is 5.10 Å². The minimum absolute atomic E-state index is 0.0883. The molecule has 0 saturated heterocycles. The average molecular weight is 404 g/mol. The van der Waals surface area contributed by atoms with Gasteiger partial charge in [0.2, 0.25) is 5.91 Å². The van der Waals surface area contributed by atoms with Crippen molar-refractivity contribution in [3.8, 4) is 0 Å². The van der Waals surface area contributed by atoms with Gasteiger partial charge in [-0.15, -0.1) is 0 Å². The van der Waals surface area contributed by atoms with E-state index in [-0.39, 0.29) is 30.1 Å². The number of carbonyl (C=O) groups is 1. The summed E-state index contributed by atoms with van der Waals surface area (Å²) in [6, 6.07) is 14.4. The van der Waals surface area contributed by atoms with Crippen molar-refractivity contribution >= 4 is 34.9 Å². The number of hydrogen-bond acceptors (Lipinski definition) is 2. The van der Waals surface area contributed by atoms with Crippen LogP contribution in [-0.2, 0) is 11.3 Å². The Labute approximate surface area is 165 Å². The molecule has 0 bridgehead atoms. The molecule has 1 heterocycles. The predicted octanol–water partition coefficient (Wildman–Crippen LogP) is 5.12. The first kappa shape index (κ1) is 18.0. The van der Waals surface area contributed by atoms with Gasteiger partial charge < -0.3 is 5.32 Å². The smallest absolute Gasteiger partial charge is 0.229 e. The van der Waals surface area contributed by atoms with Crippen LogP contribution in [0.3, 0.4) is 0 Å². The van der Waals surface area contributed by atoms with E-state index in [1.165, 1.54) is 10.7 Å². The number of aromatic nitrogens is 2. The number of amides is 1. The van der Waals surface area contributed by atoms with E-state index in [0.29, 0.717) is 15.6 Å². The highest BCUT2D eigenvalue weighted by Crippen LogP contribution is 2.48. The zero-order valence-corrected chi connectivity index (χ0v) is 15.7. The van der Waals surface area contributed by atoms with Crippen molar-refractivity contribution < 1.29 is 9.18 Å². The molecule has 0 spiro atoms. The van der Waals surface area contributed by atoms with Crippen molar-refractivity contribution in [2.24, 2.45) is 5.92 Å². The molecule has 138 valence electrons. The quantitative estimate of drug-likeness (QED) is 0.642. The lowest BCUT2D eigenvalue weighted by Crippen LogP contribution is -2.15. The number of carbonyl (C=O) groups excluding carboxylic acids is 1. The number of nitrogens with zero attached hydrogens (tertiary/aromatic N) is 2. The molecule has 1 aliphatic carbocycles. The fourth-order valence-corrected chi connectivity index (χ4v) is 3.59. The monoisotopic (exact) mass is 403 g/mol. The van der Waals surface area contributed by atoms with Crippen LogP contribution in [-0.4, -0.2) is 15.7 Å². The first-order valence-corrected chi connectivity index (χ1v) is 9.30. The Hall–Kier alpha value is -2.37. The van der Waals surface area contributed by atoms with E-state index in [1.807, 2.05) is 30.3 Å². The van der Waals surface area contributed by atoms with Gasteiger partial charge in [0.15, 0.2) is 5.82 Å². The molecule has 1 aliphatic rings. The van der Waals surface area contributed by atoms with Gasteiger partial charge in [0, 0.05) is 22.7 Å². The lowest BCUT2D eigenvalue weighted by Gasteiger charge is -2.06. The van der Waals surface area contributed by atoms with E-state index >= 15 is 0 Å². The van der Waals surface area contributed by atoms with E-state index < -0.39 is 5.82 Å². The Morgan fingerprint density at radius 3 is 2.67 bits per heavy atom. The highest BCUT2D eigenvalue weighted by Gasteiger charge is 2.44. The molecular formula is C20H16Cl2FN3O. The average Bonchev–Trinajstić information content (AvgIpc) is 3.39. The number of halogens is 3. The largest absolute Gasteiger partial charge is 0.308 e. The summed E-state index contributed by atoms with van der Waals surface area (Å²) in [5.74, 6) is -0.116. The Kier molecular flexibility index (Phi) is 4.89. The standard InChI is InChI=1S/C20H16Cl2FN3O/c21-16-7-4-8-18(23)15(16)10-26-11-17(22)19(25-26)24-20(27)14-9-13(14)12-5-2-1-3-6-12/h1-8,11,13-14H,9-10H2,(H,24,25,27). The highest BCUT2D eigenvalue weighted by molar-refractivity contribution is 6.33. The number of anilines is 1. The minimum atomic E-state index is -0.414. The third kappa shape index (κ3) is 3.84. The lowest BCUT2D eigenvalue weighted by molar-refractivity contribution is -0.117. The van der Waals surface area contributed by atoms with Crippen molar-refractivity contribution in [2.45, 2.75) is 18.9 Å². The molecule has 1 saturated carbocycles. The second-order valence-corrected chi connectivity index (χ2v) is 7.39. The van der Waals surface area contributed by atoms with Crippen LogP contribution < -0.4 is 5.32 Å². The van der Waals surface area contributed by atoms with Gasteiger partial charge >= 0.3 is 0 Å². The van der Waals surface area contributed by atoms with E-state index in [2.05, 4.69) is 10.4 Å². The minimum Gasteiger partial charge on any atom is -0.308 e. The van der Waals surface area contributed by atoms with Gasteiger partial charge in [-0.1, -0.05) is 59.6 Å². The molecule has 2 aromatic carbocycles. The normalized spacial score (nSPS) is 18.3. The predicted molar refractivity (Wildman–Crippen MR) is 104 cm³/mol. The molecule has 1 amide bonds. The third-order valence-corrected chi connectivity index (χ3v) is 5.33. The summed E-state index contributed by atoms with van der Waals surface area (Å²) in [6.45, 7) is 0.122. The first-order valence-electron chi connectivity index (χ1n) is 8.54. The van der Waals surface area contributed by atoms with Gasteiger partial charge in [0.05, 0.1) is 6.54 Å². The van der Waals surface area contributed by atoms with Crippen LogP contribution in [0.1, 0.15) is 23.5 Å². The van der Waals surface area contributed by atoms with Crippen LogP contribution in [0.5, 0.6) is 0 Å². The number of hydrogen-bond donors (Lipinski definition) is 1. The molecule has 2 unspecified atom stereocenters. The molecule has 4 nitrogen and oxygen atoms in total. The zero-order valence-electron chi connectivity index (χ0n) is 14.2. The molecule has 0 radical (unpaired) electrons. The topological polar surface area (TPSA) is 46.9 Å². The second kappa shape index (κ2) is 7.33. The summed E-state index contributed by atoms with van der Waals surface area (Å²) in [5.41, 5.74) is 1.48. The van der Waals surface area contributed by atoms with Crippen LogP contribution >= 0.6 is 23.2 Å². The van der Waals surface area contributed by atoms with Crippen LogP contribution in [0.15, 0.2) is 54.7 Å². The van der Waals surface area contributed by atoms with Crippen molar-refractivity contribution in [1.29, 1.82) is 0 Å². The van der Waals surface area contributed by atoms with E-state index in [1.54, 1.807) is 18.3 Å². The molecule has 1 aromatic heterocycles. The Bertz CT molecular complexity index is 970. The van der Waals surface area contributed by atoms with Gasteiger partial charge in [0.1, 0.15) is 10.8 Å². The van der Waals surface area contributed by atoms with E-state index in [9.17, 15) is 9.18 Å². The Balaban J connectivity index is 1.44. The highest BCUT2D eigenvalue weighted by atomic mass is 35.5. The van der Waals surface area contributed by atoms with E-state index in [4.69, 9.17) is 23.2 Å². The third-order valence-electron chi connectivity index (χ3n) is 4.70. The van der Waals surface area contributed by atoms with Crippen LogP contribution in [0, 0.1) is 11.7 Å². The molecule has 1 fully saturated rings. The summed E-state index contributed by atoms with van der Waals surface area (Å²) < 4.78 is 15.4. The first-order chi connectivity index (χ1) is 13.0. The SMILES string of the molecule is O=C(Nc1nn(Cc2c(F)cccc2Cl)cc1Cl)C1CC1c1ccccc1. The molecule has 3 aromatic rings. The van der Waals surface area contributed by atoms with Crippen LogP contribution in [0.2, 0.25) is 10.0 Å². The molecule has 2 atom stereocenters. The Morgan fingerprint density at radius 1 is 1.15 bits per heavy atom. The summed E-state index contributed by atoms with van der Waals surface area (Å²) in [4.78, 5) is 12.5. The summed E-state index contributed by atoms with van der Waals surface area (Å²) in [6.07, 6.45) is 2.35. The van der Waals surface area contributed by atoms with Crippen LogP contribution in [0.4, 0.5) is 10.2 Å². The van der Waals surface area contributed by atoms with Crippen molar-refractivity contribution in [1.82, 2.24) is 9.78 Å². The van der Waals surface area contributed by atoms with Crippen LogP contribution in [0.25, 0.3) is 0 Å². The molecule has 27 heavy (non-hydrogen) atoms. The summed E-state index contributed by atoms with van der Waals surface area (Å²) >= 11 is 12.2. The van der Waals surface area contributed by atoms with Gasteiger partial charge in [-0.3, -0.25) is 9.48 Å². The van der Waals surface area contributed by atoms with Gasteiger partial charge in [0.25, 0.3) is 0 Å². The number of rotatable bonds is 5. The van der Waals surface area contributed by atoms with E-state index in [0.717, 1.165) is 12.0 Å².